The standard InChI is InChI=1S/C19H19F6N3O4S2/c1-11(18(20,21)22)32-14-4-3-12(34(2,30)31)9-13(14)16(29)27-5-7-28(8-6-27)17-26-10-15(33-17)19(23,24)25/h3-4,9-11H,5-8H2,1-2H3/t11-/m0/s1. The molecule has 1 aliphatic heterocycles. The number of hydrogen-bond acceptors (Lipinski definition) is 7. The van der Waals surface area contributed by atoms with Crippen LogP contribution in [0.1, 0.15) is 22.2 Å². The first-order valence-corrected chi connectivity index (χ1v) is 12.4. The summed E-state index contributed by atoms with van der Waals surface area (Å²) in [6, 6.07) is 3.00. The van der Waals surface area contributed by atoms with E-state index < -0.39 is 44.8 Å². The molecule has 0 saturated carbocycles. The molecule has 0 bridgehead atoms. The fourth-order valence-electron chi connectivity index (χ4n) is 3.08. The van der Waals surface area contributed by atoms with Crippen molar-refractivity contribution in [2.45, 2.75) is 30.3 Å². The van der Waals surface area contributed by atoms with Crippen LogP contribution >= 0.6 is 11.3 Å². The number of alkyl halides is 6. The molecule has 3 rings (SSSR count). The normalized spacial score (nSPS) is 16.5. The Morgan fingerprint density at radius 2 is 1.74 bits per heavy atom. The van der Waals surface area contributed by atoms with Crippen molar-refractivity contribution in [3.8, 4) is 5.75 Å². The number of hydrogen-bond donors (Lipinski definition) is 0. The molecule has 0 spiro atoms. The number of halogens is 6. The minimum absolute atomic E-state index is 0.0249. The van der Waals surface area contributed by atoms with Crippen LogP contribution in [0.4, 0.5) is 31.5 Å². The van der Waals surface area contributed by atoms with Crippen LogP contribution < -0.4 is 9.64 Å². The second-order valence-corrected chi connectivity index (χ2v) is 10.5. The molecule has 1 aromatic heterocycles. The number of carbonyl (C=O) groups is 1. The van der Waals surface area contributed by atoms with Crippen LogP contribution in [0.2, 0.25) is 0 Å². The Balaban J connectivity index is 1.81. The summed E-state index contributed by atoms with van der Waals surface area (Å²) in [6.07, 6.45) is -9.89. The summed E-state index contributed by atoms with van der Waals surface area (Å²) in [7, 11) is -3.77. The first kappa shape index (κ1) is 26.1. The van der Waals surface area contributed by atoms with Gasteiger partial charge in [-0.15, -0.1) is 0 Å². The largest absolute Gasteiger partial charge is 0.480 e. The van der Waals surface area contributed by atoms with Crippen LogP contribution in [0.3, 0.4) is 0 Å². The zero-order chi connectivity index (χ0) is 25.5. The molecule has 2 heterocycles. The van der Waals surface area contributed by atoms with E-state index in [4.69, 9.17) is 4.74 Å². The van der Waals surface area contributed by atoms with Gasteiger partial charge in [0.25, 0.3) is 5.91 Å². The predicted molar refractivity (Wildman–Crippen MR) is 111 cm³/mol. The molecule has 2 aromatic rings. The number of amides is 1. The number of aromatic nitrogens is 1. The zero-order valence-electron chi connectivity index (χ0n) is 17.8. The summed E-state index contributed by atoms with van der Waals surface area (Å²) in [5.41, 5.74) is -0.360. The average Bonchev–Trinajstić information content (AvgIpc) is 3.23. The molecule has 1 fully saturated rings. The van der Waals surface area contributed by atoms with Crippen molar-refractivity contribution in [1.82, 2.24) is 9.88 Å². The van der Waals surface area contributed by atoms with Crippen LogP contribution in [0.5, 0.6) is 5.75 Å². The van der Waals surface area contributed by atoms with Crippen molar-refractivity contribution in [3.63, 3.8) is 0 Å². The van der Waals surface area contributed by atoms with Gasteiger partial charge in [-0.2, -0.15) is 26.3 Å². The van der Waals surface area contributed by atoms with E-state index in [1.165, 1.54) is 4.90 Å². The lowest BCUT2D eigenvalue weighted by Crippen LogP contribution is -2.49. The fourth-order valence-corrected chi connectivity index (χ4v) is 4.56. The van der Waals surface area contributed by atoms with Crippen molar-refractivity contribution in [3.05, 3.63) is 34.8 Å². The third-order valence-electron chi connectivity index (χ3n) is 4.98. The van der Waals surface area contributed by atoms with Crippen LogP contribution in [-0.2, 0) is 16.0 Å². The highest BCUT2D eigenvalue weighted by Gasteiger charge is 2.39. The van der Waals surface area contributed by atoms with Gasteiger partial charge in [0.1, 0.15) is 10.6 Å². The highest BCUT2D eigenvalue weighted by molar-refractivity contribution is 7.90. The Bertz CT molecular complexity index is 1160. The van der Waals surface area contributed by atoms with Crippen molar-refractivity contribution in [1.29, 1.82) is 0 Å². The van der Waals surface area contributed by atoms with Crippen LogP contribution in [-0.4, -0.2) is 68.9 Å². The van der Waals surface area contributed by atoms with Crippen LogP contribution in [0.15, 0.2) is 29.3 Å². The summed E-state index contributed by atoms with van der Waals surface area (Å²) in [5.74, 6) is -1.19. The van der Waals surface area contributed by atoms with E-state index in [9.17, 15) is 39.6 Å². The maximum absolute atomic E-state index is 13.1. The van der Waals surface area contributed by atoms with Crippen LogP contribution in [0.25, 0.3) is 0 Å². The van der Waals surface area contributed by atoms with E-state index in [-0.39, 0.29) is 41.8 Å². The molecule has 15 heteroatoms. The number of thiazole rings is 1. The number of benzene rings is 1. The van der Waals surface area contributed by atoms with Crippen molar-refractivity contribution in [2.24, 2.45) is 0 Å². The van der Waals surface area contributed by atoms with Crippen molar-refractivity contribution in [2.75, 3.05) is 37.3 Å². The molecule has 188 valence electrons. The lowest BCUT2D eigenvalue weighted by atomic mass is 10.1. The van der Waals surface area contributed by atoms with Crippen molar-refractivity contribution >= 4 is 32.2 Å². The second-order valence-electron chi connectivity index (χ2n) is 7.52. The Morgan fingerprint density at radius 1 is 1.12 bits per heavy atom. The Morgan fingerprint density at radius 3 is 2.24 bits per heavy atom. The van der Waals surface area contributed by atoms with Gasteiger partial charge in [-0.05, 0) is 25.1 Å². The molecule has 0 unspecified atom stereocenters. The summed E-state index contributed by atoms with van der Waals surface area (Å²) in [4.78, 5) is 18.6. The summed E-state index contributed by atoms with van der Waals surface area (Å²) in [5, 5.41) is 0.126. The lowest BCUT2D eigenvalue weighted by molar-refractivity contribution is -0.189. The molecule has 1 aromatic carbocycles. The number of nitrogens with zero attached hydrogens (tertiary/aromatic N) is 3. The van der Waals surface area contributed by atoms with Crippen molar-refractivity contribution < 1.29 is 44.3 Å². The number of ether oxygens (including phenoxy) is 1. The number of anilines is 1. The number of piperazine rings is 1. The SMILES string of the molecule is C[C@H](Oc1ccc(S(C)(=O)=O)cc1C(=O)N1CCN(c2ncc(C(F)(F)F)s2)CC1)C(F)(F)F. The Hall–Kier alpha value is -2.55. The Labute approximate surface area is 194 Å². The predicted octanol–water partition coefficient (Wildman–Crippen LogP) is 3.86. The first-order chi connectivity index (χ1) is 15.6. The zero-order valence-corrected chi connectivity index (χ0v) is 19.4. The second kappa shape index (κ2) is 9.24. The molecule has 1 atom stereocenters. The molecular formula is C19H19F6N3O4S2. The summed E-state index contributed by atoms with van der Waals surface area (Å²) >= 11 is 0.462. The van der Waals surface area contributed by atoms with Gasteiger partial charge in [-0.3, -0.25) is 4.79 Å². The minimum atomic E-state index is -4.72. The molecule has 0 radical (unpaired) electrons. The van der Waals surface area contributed by atoms with Gasteiger partial charge >= 0.3 is 12.4 Å². The molecular weight excluding hydrogens is 512 g/mol. The Kier molecular flexibility index (Phi) is 7.09. The van der Waals surface area contributed by atoms with E-state index in [1.54, 1.807) is 4.90 Å². The highest BCUT2D eigenvalue weighted by Crippen LogP contribution is 2.36. The highest BCUT2D eigenvalue weighted by atomic mass is 32.2. The number of carbonyl (C=O) groups excluding carboxylic acids is 1. The fraction of sp³-hybridized carbons (Fsp3) is 0.474. The third-order valence-corrected chi connectivity index (χ3v) is 7.20. The maximum atomic E-state index is 13.1. The summed E-state index contributed by atoms with van der Waals surface area (Å²) in [6.45, 7) is 1.05. The summed E-state index contributed by atoms with van der Waals surface area (Å²) < 4.78 is 106. The van der Waals surface area contributed by atoms with Gasteiger partial charge in [-0.1, -0.05) is 11.3 Å². The molecule has 0 N–H and O–H groups in total. The van der Waals surface area contributed by atoms with E-state index >= 15 is 0 Å². The molecule has 0 aliphatic carbocycles. The quantitative estimate of drug-likeness (QED) is 0.546. The number of rotatable bonds is 5. The van der Waals surface area contributed by atoms with Gasteiger partial charge in [0.15, 0.2) is 21.1 Å². The number of sulfone groups is 1. The van der Waals surface area contributed by atoms with Crippen LogP contribution in [0, 0.1) is 0 Å². The minimum Gasteiger partial charge on any atom is -0.480 e. The van der Waals surface area contributed by atoms with Gasteiger partial charge in [-0.25, -0.2) is 13.4 Å². The maximum Gasteiger partial charge on any atom is 0.427 e. The third kappa shape index (κ3) is 5.92. The van der Waals surface area contributed by atoms with E-state index in [0.29, 0.717) is 11.3 Å². The van der Waals surface area contributed by atoms with E-state index in [2.05, 4.69) is 4.98 Å². The van der Waals surface area contributed by atoms with Gasteiger partial charge in [0, 0.05) is 32.4 Å². The lowest BCUT2D eigenvalue weighted by Gasteiger charge is -2.35. The topological polar surface area (TPSA) is 79.8 Å². The molecule has 1 amide bonds. The first-order valence-electron chi connectivity index (χ1n) is 9.72. The van der Waals surface area contributed by atoms with Gasteiger partial charge in [0.2, 0.25) is 0 Å². The van der Waals surface area contributed by atoms with E-state index in [0.717, 1.165) is 37.6 Å². The van der Waals surface area contributed by atoms with E-state index in [1.807, 2.05) is 0 Å². The van der Waals surface area contributed by atoms with Gasteiger partial charge in [0.05, 0.1) is 16.7 Å². The molecule has 1 saturated heterocycles. The molecule has 7 nitrogen and oxygen atoms in total. The molecule has 34 heavy (non-hydrogen) atoms. The van der Waals surface area contributed by atoms with Gasteiger partial charge < -0.3 is 14.5 Å². The molecule has 1 aliphatic rings. The average molecular weight is 532 g/mol. The monoisotopic (exact) mass is 531 g/mol. The smallest absolute Gasteiger partial charge is 0.427 e.